The van der Waals surface area contributed by atoms with Crippen LogP contribution in [0, 0.1) is 5.92 Å². The monoisotopic (exact) mass is 298 g/mol. The van der Waals surface area contributed by atoms with Gasteiger partial charge < -0.3 is 19.9 Å². The molecular formula is C14H22N2O5. The number of nitrogens with zero attached hydrogens (tertiary/aromatic N) is 1. The number of methoxy groups -OCH3 is 1. The number of alkyl carbamates (subject to hydrolysis) is 1. The molecule has 1 heterocycles. The zero-order valence-corrected chi connectivity index (χ0v) is 12.4. The minimum atomic E-state index is -1.15. The number of allylic oxidation sites excluding steroid dienone is 1. The Hall–Kier alpha value is -1.60. The number of amides is 1. The van der Waals surface area contributed by atoms with Crippen molar-refractivity contribution in [2.75, 3.05) is 27.3 Å². The van der Waals surface area contributed by atoms with E-state index in [9.17, 15) is 9.59 Å². The smallest absolute Gasteiger partial charge is 0.413 e. The van der Waals surface area contributed by atoms with E-state index in [1.807, 2.05) is 6.08 Å². The number of carbonyl (C=O) groups is 2. The number of ether oxygens (including phenoxy) is 2. The van der Waals surface area contributed by atoms with Crippen molar-refractivity contribution >= 4 is 12.1 Å². The molecule has 7 nitrogen and oxygen atoms in total. The van der Waals surface area contributed by atoms with Gasteiger partial charge in [-0.05, 0) is 38.4 Å². The maximum absolute atomic E-state index is 11.8. The molecule has 1 saturated heterocycles. The first kappa shape index (κ1) is 15.8. The Kier molecular flexibility index (Phi) is 5.19. The topological polar surface area (TPSA) is 88.1 Å². The van der Waals surface area contributed by atoms with Gasteiger partial charge in [-0.2, -0.15) is 0 Å². The summed E-state index contributed by atoms with van der Waals surface area (Å²) in [5.41, 5.74) is 0. The fourth-order valence-corrected chi connectivity index (χ4v) is 2.95. The van der Waals surface area contributed by atoms with Gasteiger partial charge in [0.25, 0.3) is 0 Å². The van der Waals surface area contributed by atoms with Crippen molar-refractivity contribution < 1.29 is 24.2 Å². The second-order valence-corrected chi connectivity index (χ2v) is 5.57. The molecule has 3 unspecified atom stereocenters. The summed E-state index contributed by atoms with van der Waals surface area (Å²) in [6.45, 7) is 0.956. The van der Waals surface area contributed by atoms with Crippen LogP contribution >= 0.6 is 0 Å². The van der Waals surface area contributed by atoms with Gasteiger partial charge in [0.1, 0.15) is 5.76 Å². The number of rotatable bonds is 5. The third kappa shape index (κ3) is 3.95. The standard InChI is InChI=1S/C14H22N2O5/c1-16-6-5-9-3-4-10(7-12(9)16)21-14(19)15-11(8-20-2)13(17)18/h7,9,11-12H,3-6,8H2,1-2H3,(H,15,19)(H,17,18). The predicted octanol–water partition coefficient (Wildman–Crippen LogP) is 0.810. The molecule has 0 bridgehead atoms. The average molecular weight is 298 g/mol. The molecule has 2 rings (SSSR count). The minimum Gasteiger partial charge on any atom is -0.480 e. The third-order valence-electron chi connectivity index (χ3n) is 4.11. The van der Waals surface area contributed by atoms with Crippen molar-refractivity contribution in [2.24, 2.45) is 5.92 Å². The van der Waals surface area contributed by atoms with Gasteiger partial charge in [-0.1, -0.05) is 0 Å². The molecule has 1 fully saturated rings. The van der Waals surface area contributed by atoms with Crippen LogP contribution in [0.4, 0.5) is 4.79 Å². The van der Waals surface area contributed by atoms with Crippen LogP contribution < -0.4 is 5.32 Å². The van der Waals surface area contributed by atoms with E-state index in [2.05, 4.69) is 17.3 Å². The van der Waals surface area contributed by atoms with Crippen LogP contribution in [0.5, 0.6) is 0 Å². The summed E-state index contributed by atoms with van der Waals surface area (Å²) in [7, 11) is 3.44. The number of likely N-dealkylation sites (N-methyl/N-ethyl adjacent to an activating group) is 1. The highest BCUT2D eigenvalue weighted by atomic mass is 16.6. The number of aliphatic carboxylic acids is 1. The highest BCUT2D eigenvalue weighted by molar-refractivity contribution is 5.80. The van der Waals surface area contributed by atoms with E-state index >= 15 is 0 Å². The fourth-order valence-electron chi connectivity index (χ4n) is 2.95. The van der Waals surface area contributed by atoms with Crippen LogP contribution in [-0.2, 0) is 14.3 Å². The number of likely N-dealkylation sites (tertiary alicyclic amines) is 1. The van der Waals surface area contributed by atoms with Crippen molar-refractivity contribution in [3.63, 3.8) is 0 Å². The average Bonchev–Trinajstić information content (AvgIpc) is 2.79. The van der Waals surface area contributed by atoms with E-state index < -0.39 is 18.1 Å². The summed E-state index contributed by atoms with van der Waals surface area (Å²) in [6.07, 6.45) is 4.11. The quantitative estimate of drug-likeness (QED) is 0.781. The zero-order valence-electron chi connectivity index (χ0n) is 12.4. The molecule has 2 aliphatic rings. The summed E-state index contributed by atoms with van der Waals surface area (Å²) in [4.78, 5) is 25.0. The highest BCUT2D eigenvalue weighted by Gasteiger charge is 2.34. The number of fused-ring (bicyclic) bond motifs is 1. The van der Waals surface area contributed by atoms with Crippen LogP contribution in [0.2, 0.25) is 0 Å². The molecule has 0 spiro atoms. The summed E-state index contributed by atoms with van der Waals surface area (Å²) in [5, 5.41) is 11.2. The minimum absolute atomic E-state index is 0.100. The van der Waals surface area contributed by atoms with E-state index in [0.717, 1.165) is 13.0 Å². The van der Waals surface area contributed by atoms with E-state index in [1.165, 1.54) is 13.5 Å². The molecule has 1 aliphatic carbocycles. The Morgan fingerprint density at radius 2 is 2.29 bits per heavy atom. The fraction of sp³-hybridized carbons (Fsp3) is 0.714. The Morgan fingerprint density at radius 3 is 2.95 bits per heavy atom. The molecule has 1 aliphatic heterocycles. The molecule has 7 heteroatoms. The van der Waals surface area contributed by atoms with Crippen molar-refractivity contribution in [1.82, 2.24) is 10.2 Å². The number of carboxylic acid groups (broad SMARTS) is 1. The van der Waals surface area contributed by atoms with Crippen LogP contribution in [-0.4, -0.2) is 61.5 Å². The summed E-state index contributed by atoms with van der Waals surface area (Å²) >= 11 is 0. The second-order valence-electron chi connectivity index (χ2n) is 5.57. The normalized spacial score (nSPS) is 26.7. The van der Waals surface area contributed by atoms with Crippen molar-refractivity contribution in [3.8, 4) is 0 Å². The van der Waals surface area contributed by atoms with Gasteiger partial charge >= 0.3 is 12.1 Å². The first-order chi connectivity index (χ1) is 10.0. The maximum atomic E-state index is 11.8. The summed E-state index contributed by atoms with van der Waals surface area (Å²) in [6, 6.07) is -0.788. The second kappa shape index (κ2) is 6.91. The molecular weight excluding hydrogens is 276 g/mol. The lowest BCUT2D eigenvalue weighted by molar-refractivity contribution is -0.140. The molecule has 0 aromatic heterocycles. The maximum Gasteiger partial charge on any atom is 0.413 e. The van der Waals surface area contributed by atoms with Crippen molar-refractivity contribution in [1.29, 1.82) is 0 Å². The first-order valence-electron chi connectivity index (χ1n) is 7.12. The molecule has 0 radical (unpaired) electrons. The van der Waals surface area contributed by atoms with Crippen LogP contribution in [0.1, 0.15) is 19.3 Å². The van der Waals surface area contributed by atoms with Crippen LogP contribution in [0.3, 0.4) is 0 Å². The predicted molar refractivity (Wildman–Crippen MR) is 74.8 cm³/mol. The van der Waals surface area contributed by atoms with Crippen LogP contribution in [0.15, 0.2) is 11.8 Å². The molecule has 0 saturated carbocycles. The Balaban J connectivity index is 1.90. The van der Waals surface area contributed by atoms with E-state index in [-0.39, 0.29) is 6.61 Å². The number of hydrogen-bond donors (Lipinski definition) is 2. The number of carbonyl (C=O) groups excluding carboxylic acids is 1. The van der Waals surface area contributed by atoms with Gasteiger partial charge in [0.05, 0.1) is 6.61 Å². The Morgan fingerprint density at radius 1 is 1.52 bits per heavy atom. The lowest BCUT2D eigenvalue weighted by Gasteiger charge is -2.27. The molecule has 0 aromatic carbocycles. The van der Waals surface area contributed by atoms with Gasteiger partial charge in [0, 0.05) is 19.6 Å². The number of nitrogens with one attached hydrogen (secondary N) is 1. The van der Waals surface area contributed by atoms with E-state index in [4.69, 9.17) is 14.6 Å². The molecule has 3 atom stereocenters. The SMILES string of the molecule is COCC(NC(=O)OC1=CC2C(CC1)CCN2C)C(=O)O. The Bertz CT molecular complexity index is 437. The largest absolute Gasteiger partial charge is 0.480 e. The summed E-state index contributed by atoms with van der Waals surface area (Å²) in [5.74, 6) is 0.0942. The first-order valence-corrected chi connectivity index (χ1v) is 7.12. The van der Waals surface area contributed by atoms with Crippen LogP contribution in [0.25, 0.3) is 0 Å². The van der Waals surface area contributed by atoms with Gasteiger partial charge in [-0.3, -0.25) is 4.90 Å². The summed E-state index contributed by atoms with van der Waals surface area (Å²) < 4.78 is 9.99. The van der Waals surface area contributed by atoms with E-state index in [0.29, 0.717) is 24.1 Å². The molecule has 21 heavy (non-hydrogen) atoms. The molecule has 2 N–H and O–H groups in total. The Labute approximate surface area is 123 Å². The van der Waals surface area contributed by atoms with Gasteiger partial charge in [0.15, 0.2) is 6.04 Å². The molecule has 1 amide bonds. The highest BCUT2D eigenvalue weighted by Crippen LogP contribution is 2.34. The van der Waals surface area contributed by atoms with Gasteiger partial charge in [-0.15, -0.1) is 0 Å². The van der Waals surface area contributed by atoms with Crippen molar-refractivity contribution in [2.45, 2.75) is 31.3 Å². The van der Waals surface area contributed by atoms with Crippen molar-refractivity contribution in [3.05, 3.63) is 11.8 Å². The number of carboxylic acids is 1. The number of hydrogen-bond acceptors (Lipinski definition) is 5. The molecule has 118 valence electrons. The third-order valence-corrected chi connectivity index (χ3v) is 4.11. The van der Waals surface area contributed by atoms with Gasteiger partial charge in [-0.25, -0.2) is 9.59 Å². The van der Waals surface area contributed by atoms with Gasteiger partial charge in [0.2, 0.25) is 0 Å². The lowest BCUT2D eigenvalue weighted by atomic mass is 9.89. The molecule has 0 aromatic rings. The van der Waals surface area contributed by atoms with E-state index in [1.54, 1.807) is 0 Å². The zero-order chi connectivity index (χ0) is 15.4. The lowest BCUT2D eigenvalue weighted by Crippen LogP contribution is -2.44.